The van der Waals surface area contributed by atoms with Gasteiger partial charge in [0.15, 0.2) is 0 Å². The van der Waals surface area contributed by atoms with Gasteiger partial charge in [0.25, 0.3) is 9.05 Å². The van der Waals surface area contributed by atoms with Gasteiger partial charge in [-0.1, -0.05) is 0 Å². The third-order valence-electron chi connectivity index (χ3n) is 1.98. The molecule has 0 fully saturated rings. The fraction of sp³-hybridized carbons (Fsp3) is 0. The number of benzene rings is 1. The summed E-state index contributed by atoms with van der Waals surface area (Å²) in [4.78, 5) is 23.2. The SMILES string of the molecule is O=c1[nH]c2cc(F)c(S(=O)(=O)Cl)cc2c(=O)o1. The second-order valence-electron chi connectivity index (χ2n) is 3.07. The van der Waals surface area contributed by atoms with E-state index < -0.39 is 31.1 Å². The number of H-pyrrole nitrogens is 1. The number of rotatable bonds is 1. The second-order valence-corrected chi connectivity index (χ2v) is 5.60. The zero-order valence-corrected chi connectivity index (χ0v) is 9.43. The third-order valence-corrected chi connectivity index (χ3v) is 3.31. The molecule has 9 heteroatoms. The minimum absolute atomic E-state index is 0.173. The van der Waals surface area contributed by atoms with Gasteiger partial charge in [0.2, 0.25) is 0 Å². The number of hydrogen-bond donors (Lipinski definition) is 1. The van der Waals surface area contributed by atoms with Gasteiger partial charge in [-0.05, 0) is 12.1 Å². The Hall–Kier alpha value is -1.67. The van der Waals surface area contributed by atoms with Crippen molar-refractivity contribution in [3.63, 3.8) is 0 Å². The Morgan fingerprint density at radius 1 is 1.29 bits per heavy atom. The lowest BCUT2D eigenvalue weighted by molar-refractivity contribution is 0.459. The van der Waals surface area contributed by atoms with E-state index in [2.05, 4.69) is 4.42 Å². The molecule has 1 aromatic heterocycles. The molecule has 90 valence electrons. The number of nitrogens with one attached hydrogen (secondary N) is 1. The van der Waals surface area contributed by atoms with Crippen molar-refractivity contribution in [1.82, 2.24) is 4.98 Å². The molecule has 0 atom stereocenters. The molecule has 0 amide bonds. The minimum Gasteiger partial charge on any atom is -0.372 e. The van der Waals surface area contributed by atoms with Crippen LogP contribution < -0.4 is 11.4 Å². The third kappa shape index (κ3) is 2.08. The van der Waals surface area contributed by atoms with Gasteiger partial charge in [0.1, 0.15) is 10.7 Å². The first kappa shape index (κ1) is 11.8. The van der Waals surface area contributed by atoms with Crippen molar-refractivity contribution < 1.29 is 17.2 Å². The van der Waals surface area contributed by atoms with Crippen molar-refractivity contribution in [2.75, 3.05) is 0 Å². The minimum atomic E-state index is -4.33. The zero-order valence-electron chi connectivity index (χ0n) is 7.86. The molecular formula is C8H3ClFNO5S. The van der Waals surface area contributed by atoms with Crippen molar-refractivity contribution in [3.05, 3.63) is 38.9 Å². The molecule has 0 spiro atoms. The van der Waals surface area contributed by atoms with Crippen molar-refractivity contribution >= 4 is 30.6 Å². The Balaban J connectivity index is 3.01. The van der Waals surface area contributed by atoms with E-state index in [4.69, 9.17) is 10.7 Å². The summed E-state index contributed by atoms with van der Waals surface area (Å²) in [5, 5.41) is -0.287. The van der Waals surface area contributed by atoms with Crippen LogP contribution in [0.25, 0.3) is 10.9 Å². The first-order chi connectivity index (χ1) is 7.79. The van der Waals surface area contributed by atoms with Crippen LogP contribution in [0.3, 0.4) is 0 Å². The smallest absolute Gasteiger partial charge is 0.372 e. The zero-order chi connectivity index (χ0) is 12.8. The highest BCUT2D eigenvalue weighted by molar-refractivity contribution is 8.13. The van der Waals surface area contributed by atoms with Gasteiger partial charge in [-0.2, -0.15) is 0 Å². The van der Waals surface area contributed by atoms with Crippen LogP contribution in [0.1, 0.15) is 0 Å². The molecule has 0 radical (unpaired) electrons. The maximum absolute atomic E-state index is 13.4. The van der Waals surface area contributed by atoms with E-state index in [-0.39, 0.29) is 10.9 Å². The van der Waals surface area contributed by atoms with Gasteiger partial charge >= 0.3 is 11.4 Å². The van der Waals surface area contributed by atoms with Crippen LogP contribution in [0.4, 0.5) is 4.39 Å². The molecule has 1 N–H and O–H groups in total. The summed E-state index contributed by atoms with van der Waals surface area (Å²) in [5.41, 5.74) is -1.25. The van der Waals surface area contributed by atoms with E-state index in [9.17, 15) is 22.4 Å². The molecule has 0 saturated heterocycles. The molecule has 0 aliphatic rings. The van der Waals surface area contributed by atoms with Crippen LogP contribution in [-0.4, -0.2) is 13.4 Å². The molecule has 2 rings (SSSR count). The molecule has 1 heterocycles. The van der Waals surface area contributed by atoms with Crippen molar-refractivity contribution in [2.24, 2.45) is 0 Å². The lowest BCUT2D eigenvalue weighted by Gasteiger charge is -2.00. The van der Waals surface area contributed by atoms with Crippen LogP contribution in [0.2, 0.25) is 0 Å². The van der Waals surface area contributed by atoms with Crippen LogP contribution in [0.15, 0.2) is 31.0 Å². The number of fused-ring (bicyclic) bond motifs is 1. The summed E-state index contributed by atoms with van der Waals surface area (Å²) in [6.07, 6.45) is 0. The van der Waals surface area contributed by atoms with E-state index in [1.807, 2.05) is 4.98 Å². The van der Waals surface area contributed by atoms with Crippen molar-refractivity contribution in [2.45, 2.75) is 4.90 Å². The van der Waals surface area contributed by atoms with Gasteiger partial charge in [-0.25, -0.2) is 22.4 Å². The summed E-state index contributed by atoms with van der Waals surface area (Å²) >= 11 is 0. The summed E-state index contributed by atoms with van der Waals surface area (Å²) in [5.74, 6) is -2.24. The number of aromatic nitrogens is 1. The van der Waals surface area contributed by atoms with Crippen LogP contribution >= 0.6 is 10.7 Å². The molecule has 17 heavy (non-hydrogen) atoms. The highest BCUT2D eigenvalue weighted by atomic mass is 35.7. The highest BCUT2D eigenvalue weighted by Crippen LogP contribution is 2.22. The normalized spacial score (nSPS) is 11.9. The maximum atomic E-state index is 13.4. The molecule has 0 unspecified atom stereocenters. The van der Waals surface area contributed by atoms with E-state index in [1.165, 1.54) is 0 Å². The molecule has 0 aliphatic heterocycles. The van der Waals surface area contributed by atoms with Crippen molar-refractivity contribution in [3.8, 4) is 0 Å². The van der Waals surface area contributed by atoms with Gasteiger partial charge in [-0.3, -0.25) is 4.98 Å². The summed E-state index contributed by atoms with van der Waals surface area (Å²) in [7, 11) is 0.648. The number of halogens is 2. The average molecular weight is 280 g/mol. The lowest BCUT2D eigenvalue weighted by atomic mass is 10.2. The predicted molar refractivity (Wildman–Crippen MR) is 56.1 cm³/mol. The maximum Gasteiger partial charge on any atom is 0.419 e. The molecular weight excluding hydrogens is 277 g/mol. The van der Waals surface area contributed by atoms with Crippen LogP contribution in [-0.2, 0) is 9.05 Å². The summed E-state index contributed by atoms with van der Waals surface area (Å²) in [6, 6.07) is 1.39. The Bertz CT molecular complexity index is 822. The van der Waals surface area contributed by atoms with Crippen LogP contribution in [0.5, 0.6) is 0 Å². The highest BCUT2D eigenvalue weighted by Gasteiger charge is 2.18. The Labute approximate surface area is 97.1 Å². The number of aromatic amines is 1. The molecule has 0 aliphatic carbocycles. The summed E-state index contributed by atoms with van der Waals surface area (Å²) < 4.78 is 39.5. The van der Waals surface area contributed by atoms with Crippen molar-refractivity contribution in [1.29, 1.82) is 0 Å². The predicted octanol–water partition coefficient (Wildman–Crippen LogP) is 0.548. The first-order valence-electron chi connectivity index (χ1n) is 4.10. The fourth-order valence-electron chi connectivity index (χ4n) is 1.29. The van der Waals surface area contributed by atoms with E-state index in [0.717, 1.165) is 0 Å². The molecule has 0 saturated carbocycles. The topological polar surface area (TPSA) is 97.2 Å². The quantitative estimate of drug-likeness (QED) is 0.769. The Morgan fingerprint density at radius 2 is 1.94 bits per heavy atom. The van der Waals surface area contributed by atoms with Gasteiger partial charge in [0.05, 0.1) is 10.9 Å². The molecule has 0 bridgehead atoms. The van der Waals surface area contributed by atoms with Gasteiger partial charge in [-0.15, -0.1) is 0 Å². The second kappa shape index (κ2) is 3.67. The lowest BCUT2D eigenvalue weighted by Crippen LogP contribution is -2.15. The largest absolute Gasteiger partial charge is 0.419 e. The van der Waals surface area contributed by atoms with Crippen LogP contribution in [0, 0.1) is 5.82 Å². The van der Waals surface area contributed by atoms with E-state index in [0.29, 0.717) is 12.1 Å². The Morgan fingerprint density at radius 3 is 2.53 bits per heavy atom. The first-order valence-corrected chi connectivity index (χ1v) is 6.41. The van der Waals surface area contributed by atoms with Gasteiger partial charge in [0, 0.05) is 10.7 Å². The molecule has 6 nitrogen and oxygen atoms in total. The Kier molecular flexibility index (Phi) is 2.55. The average Bonchev–Trinajstić information content (AvgIpc) is 2.13. The van der Waals surface area contributed by atoms with E-state index in [1.54, 1.807) is 0 Å². The van der Waals surface area contributed by atoms with Gasteiger partial charge < -0.3 is 4.42 Å². The molecule has 2 aromatic rings. The monoisotopic (exact) mass is 279 g/mol. The summed E-state index contributed by atoms with van der Waals surface area (Å²) in [6.45, 7) is 0. The van der Waals surface area contributed by atoms with E-state index >= 15 is 0 Å². The standard InChI is InChI=1S/C8H3ClFNO5S/c9-17(14,15)6-1-3-5(2-4(6)10)11-8(13)16-7(3)12/h1-2H,(H,11,13). The molecule has 1 aromatic carbocycles. The fourth-order valence-corrected chi connectivity index (χ4v) is 2.19. The number of hydrogen-bond acceptors (Lipinski definition) is 5.